The molecule has 1 aromatic heterocycles. The second-order valence-electron chi connectivity index (χ2n) is 4.14. The summed E-state index contributed by atoms with van der Waals surface area (Å²) in [5, 5.41) is 3.07. The first-order valence-corrected chi connectivity index (χ1v) is 6.59. The molecule has 0 spiro atoms. The summed E-state index contributed by atoms with van der Waals surface area (Å²) in [5.74, 6) is 0.275. The van der Waals surface area contributed by atoms with E-state index in [2.05, 4.69) is 31.2 Å². The van der Waals surface area contributed by atoms with Gasteiger partial charge in [0.05, 0.1) is 6.33 Å². The Kier molecular flexibility index (Phi) is 4.31. The molecule has 0 amide bonds. The van der Waals surface area contributed by atoms with E-state index in [1.54, 1.807) is 6.07 Å². The van der Waals surface area contributed by atoms with E-state index in [1.807, 2.05) is 6.92 Å². The van der Waals surface area contributed by atoms with E-state index >= 15 is 0 Å². The number of halogens is 2. The third kappa shape index (κ3) is 3.41. The van der Waals surface area contributed by atoms with Crippen LogP contribution < -0.4 is 10.9 Å². The van der Waals surface area contributed by atoms with Crippen LogP contribution in [-0.4, -0.2) is 16.5 Å². The Morgan fingerprint density at radius 3 is 3.00 bits per heavy atom. The minimum absolute atomic E-state index is 0.226. The number of aromatic nitrogens is 2. The third-order valence-corrected chi connectivity index (χ3v) is 3.52. The zero-order valence-corrected chi connectivity index (χ0v) is 11.9. The van der Waals surface area contributed by atoms with E-state index in [1.165, 1.54) is 18.5 Å². The van der Waals surface area contributed by atoms with Gasteiger partial charge in [-0.1, -0.05) is 6.07 Å². The highest BCUT2D eigenvalue weighted by molar-refractivity contribution is 9.10. The van der Waals surface area contributed by atoms with Crippen molar-refractivity contribution in [2.75, 3.05) is 11.9 Å². The zero-order chi connectivity index (χ0) is 13.8. The molecule has 100 valence electrons. The lowest BCUT2D eigenvalue weighted by Gasteiger charge is -2.08. The molecule has 0 radical (unpaired) electrons. The number of hydrogen-bond donors (Lipinski definition) is 2. The molecule has 0 aliphatic rings. The zero-order valence-electron chi connectivity index (χ0n) is 10.3. The molecule has 19 heavy (non-hydrogen) atoms. The van der Waals surface area contributed by atoms with E-state index in [-0.39, 0.29) is 11.4 Å². The number of aryl methyl sites for hydroxylation is 1. The summed E-state index contributed by atoms with van der Waals surface area (Å²) in [6.45, 7) is 2.49. The van der Waals surface area contributed by atoms with Crippen LogP contribution in [0.25, 0.3) is 0 Å². The molecule has 0 atom stereocenters. The number of benzene rings is 1. The van der Waals surface area contributed by atoms with Gasteiger partial charge in [-0.3, -0.25) is 4.79 Å². The van der Waals surface area contributed by atoms with E-state index in [4.69, 9.17) is 0 Å². The van der Waals surface area contributed by atoms with Crippen molar-refractivity contribution in [2.24, 2.45) is 0 Å². The van der Waals surface area contributed by atoms with E-state index in [9.17, 15) is 9.18 Å². The molecule has 0 aliphatic heterocycles. The predicted octanol–water partition coefficient (Wildman–Crippen LogP) is 2.63. The number of anilines is 1. The van der Waals surface area contributed by atoms with Crippen molar-refractivity contribution in [2.45, 2.75) is 13.3 Å². The van der Waals surface area contributed by atoms with Crippen molar-refractivity contribution in [3.8, 4) is 0 Å². The lowest BCUT2D eigenvalue weighted by molar-refractivity contribution is 0.625. The molecule has 0 unspecified atom stereocenters. The number of H-pyrrole nitrogens is 1. The van der Waals surface area contributed by atoms with Gasteiger partial charge < -0.3 is 10.3 Å². The van der Waals surface area contributed by atoms with Crippen LogP contribution >= 0.6 is 15.9 Å². The molecular weight excluding hydrogens is 313 g/mol. The quantitative estimate of drug-likeness (QED) is 0.908. The van der Waals surface area contributed by atoms with Gasteiger partial charge in [-0.05, 0) is 52.5 Å². The number of aromatic amines is 1. The Morgan fingerprint density at radius 2 is 2.26 bits per heavy atom. The standard InChI is InChI=1S/C13H13BrFN3O/c1-8-6-10(15)3-2-9(8)4-5-16-12-11(14)13(19)18-7-17-12/h2-3,6-7H,4-5H2,1H3,(H2,16,17,18,19). The summed E-state index contributed by atoms with van der Waals surface area (Å²) in [4.78, 5) is 17.8. The average molecular weight is 326 g/mol. The van der Waals surface area contributed by atoms with Gasteiger partial charge in [0, 0.05) is 6.54 Å². The molecule has 2 aromatic rings. The van der Waals surface area contributed by atoms with E-state index < -0.39 is 0 Å². The molecule has 1 aromatic carbocycles. The average Bonchev–Trinajstić information content (AvgIpc) is 2.37. The van der Waals surface area contributed by atoms with Crippen LogP contribution in [0.4, 0.5) is 10.2 Å². The first kappa shape index (κ1) is 13.7. The highest BCUT2D eigenvalue weighted by atomic mass is 79.9. The highest BCUT2D eigenvalue weighted by Gasteiger charge is 2.05. The van der Waals surface area contributed by atoms with Crippen LogP contribution in [0.5, 0.6) is 0 Å². The second-order valence-corrected chi connectivity index (χ2v) is 4.93. The SMILES string of the molecule is Cc1cc(F)ccc1CCNc1nc[nH]c(=O)c1Br. The summed E-state index contributed by atoms with van der Waals surface area (Å²) in [6, 6.07) is 4.73. The Morgan fingerprint density at radius 1 is 1.47 bits per heavy atom. The molecule has 2 N–H and O–H groups in total. The lowest BCUT2D eigenvalue weighted by Crippen LogP contribution is -2.14. The van der Waals surface area contributed by atoms with Crippen LogP contribution in [0.3, 0.4) is 0 Å². The molecule has 6 heteroatoms. The molecule has 1 heterocycles. The molecule has 0 aliphatic carbocycles. The highest BCUT2D eigenvalue weighted by Crippen LogP contribution is 2.14. The van der Waals surface area contributed by atoms with Gasteiger partial charge in [0.15, 0.2) is 0 Å². The lowest BCUT2D eigenvalue weighted by atomic mass is 10.1. The van der Waals surface area contributed by atoms with Crippen molar-refractivity contribution in [3.63, 3.8) is 0 Å². The number of nitrogens with zero attached hydrogens (tertiary/aromatic N) is 1. The van der Waals surface area contributed by atoms with Gasteiger partial charge in [0.25, 0.3) is 5.56 Å². The predicted molar refractivity (Wildman–Crippen MR) is 75.9 cm³/mol. The van der Waals surface area contributed by atoms with Crippen molar-refractivity contribution in [1.82, 2.24) is 9.97 Å². The Labute approximate surface area is 118 Å². The molecule has 4 nitrogen and oxygen atoms in total. The van der Waals surface area contributed by atoms with Crippen LogP contribution in [0.2, 0.25) is 0 Å². The molecule has 0 bridgehead atoms. The fourth-order valence-corrected chi connectivity index (χ4v) is 2.12. The molecular formula is C13H13BrFN3O. The fraction of sp³-hybridized carbons (Fsp3) is 0.231. The van der Waals surface area contributed by atoms with Crippen molar-refractivity contribution in [1.29, 1.82) is 0 Å². The van der Waals surface area contributed by atoms with E-state index in [0.717, 1.165) is 17.5 Å². The normalized spacial score (nSPS) is 10.5. The van der Waals surface area contributed by atoms with Gasteiger partial charge in [-0.2, -0.15) is 0 Å². The van der Waals surface area contributed by atoms with Crippen LogP contribution in [0.15, 0.2) is 33.8 Å². The summed E-state index contributed by atoms with van der Waals surface area (Å²) in [6.07, 6.45) is 2.08. The van der Waals surface area contributed by atoms with Crippen LogP contribution in [0.1, 0.15) is 11.1 Å². The molecule has 0 fully saturated rings. The smallest absolute Gasteiger partial charge is 0.267 e. The van der Waals surface area contributed by atoms with Gasteiger partial charge in [0.2, 0.25) is 0 Å². The largest absolute Gasteiger partial charge is 0.369 e. The number of nitrogens with one attached hydrogen (secondary N) is 2. The number of rotatable bonds is 4. The first-order chi connectivity index (χ1) is 9.08. The minimum atomic E-state index is -0.229. The van der Waals surface area contributed by atoms with Crippen LogP contribution in [0, 0.1) is 12.7 Å². The Bertz CT molecular complexity index is 642. The van der Waals surface area contributed by atoms with Gasteiger partial charge in [0.1, 0.15) is 16.1 Å². The maximum atomic E-state index is 13.0. The second kappa shape index (κ2) is 5.97. The van der Waals surface area contributed by atoms with E-state index in [0.29, 0.717) is 16.8 Å². The first-order valence-electron chi connectivity index (χ1n) is 5.80. The number of hydrogen-bond acceptors (Lipinski definition) is 3. The molecule has 0 saturated heterocycles. The topological polar surface area (TPSA) is 57.8 Å². The van der Waals surface area contributed by atoms with Crippen LogP contribution in [-0.2, 0) is 6.42 Å². The van der Waals surface area contributed by atoms with Crippen molar-refractivity contribution in [3.05, 3.63) is 56.3 Å². The monoisotopic (exact) mass is 325 g/mol. The van der Waals surface area contributed by atoms with Gasteiger partial charge in [-0.15, -0.1) is 0 Å². The fourth-order valence-electron chi connectivity index (χ4n) is 1.76. The maximum absolute atomic E-state index is 13.0. The molecule has 0 saturated carbocycles. The Hall–Kier alpha value is -1.69. The van der Waals surface area contributed by atoms with Gasteiger partial charge >= 0.3 is 0 Å². The summed E-state index contributed by atoms with van der Waals surface area (Å²) in [5.41, 5.74) is 1.75. The Balaban J connectivity index is 2.00. The summed E-state index contributed by atoms with van der Waals surface area (Å²) >= 11 is 3.17. The summed E-state index contributed by atoms with van der Waals surface area (Å²) < 4.78 is 13.3. The third-order valence-electron chi connectivity index (χ3n) is 2.79. The van der Waals surface area contributed by atoms with Gasteiger partial charge in [-0.25, -0.2) is 9.37 Å². The maximum Gasteiger partial charge on any atom is 0.267 e. The summed E-state index contributed by atoms with van der Waals surface area (Å²) in [7, 11) is 0. The van der Waals surface area contributed by atoms with Crippen molar-refractivity contribution < 1.29 is 4.39 Å². The minimum Gasteiger partial charge on any atom is -0.369 e. The van der Waals surface area contributed by atoms with Crippen molar-refractivity contribution >= 4 is 21.7 Å². The molecule has 2 rings (SSSR count).